The van der Waals surface area contributed by atoms with Crippen LogP contribution in [0.15, 0.2) is 28.7 Å². The van der Waals surface area contributed by atoms with Crippen LogP contribution in [0.4, 0.5) is 5.13 Å². The van der Waals surface area contributed by atoms with Crippen molar-refractivity contribution < 1.29 is 14.3 Å². The lowest BCUT2D eigenvalue weighted by Gasteiger charge is -2.18. The van der Waals surface area contributed by atoms with E-state index < -0.39 is 0 Å². The number of rotatable bonds is 11. The zero-order chi connectivity index (χ0) is 21.2. The van der Waals surface area contributed by atoms with Crippen molar-refractivity contribution in [2.45, 2.75) is 46.1 Å². The van der Waals surface area contributed by atoms with Crippen molar-refractivity contribution in [3.05, 3.63) is 40.4 Å². The number of aromatic nitrogens is 1. The van der Waals surface area contributed by atoms with Gasteiger partial charge in [0, 0.05) is 17.5 Å². The number of hydrazone groups is 1. The molecule has 0 radical (unpaired) electrons. The predicted molar refractivity (Wildman–Crippen MR) is 120 cm³/mol. The molecule has 1 N–H and O–H groups in total. The van der Waals surface area contributed by atoms with E-state index >= 15 is 0 Å². The number of nitrogens with one attached hydrogen (secondary N) is 1. The zero-order valence-electron chi connectivity index (χ0n) is 17.7. The highest BCUT2D eigenvalue weighted by molar-refractivity contribution is 7.13. The number of hydrogen-bond donors (Lipinski definition) is 1. The first-order valence-corrected chi connectivity index (χ1v) is 11.4. The lowest BCUT2D eigenvalue weighted by molar-refractivity contribution is -0.142. The maximum Gasteiger partial charge on any atom is 0.311 e. The summed E-state index contributed by atoms with van der Waals surface area (Å²) in [4.78, 5) is 18.4. The molecule has 1 aliphatic heterocycles. The topological polar surface area (TPSA) is 76.0 Å². The zero-order valence-corrected chi connectivity index (χ0v) is 18.5. The van der Waals surface area contributed by atoms with E-state index in [1.54, 1.807) is 13.1 Å². The van der Waals surface area contributed by atoms with Crippen LogP contribution >= 0.6 is 11.3 Å². The van der Waals surface area contributed by atoms with Crippen molar-refractivity contribution in [2.24, 2.45) is 5.10 Å². The van der Waals surface area contributed by atoms with Gasteiger partial charge in [0.2, 0.25) is 5.13 Å². The van der Waals surface area contributed by atoms with Gasteiger partial charge in [-0.25, -0.2) is 4.98 Å². The summed E-state index contributed by atoms with van der Waals surface area (Å²) < 4.78 is 10.9. The fourth-order valence-electron chi connectivity index (χ4n) is 3.30. The van der Waals surface area contributed by atoms with Crippen LogP contribution in [0.1, 0.15) is 49.9 Å². The summed E-state index contributed by atoms with van der Waals surface area (Å²) in [5, 5.41) is 6.79. The number of carbonyl (C=O) groups is 1. The van der Waals surface area contributed by atoms with E-state index in [1.807, 2.05) is 17.5 Å². The average Bonchev–Trinajstić information content (AvgIpc) is 3.40. The second-order valence-electron chi connectivity index (χ2n) is 7.19. The minimum absolute atomic E-state index is 0.175. The first kappa shape index (κ1) is 22.2. The Morgan fingerprint density at radius 1 is 1.33 bits per heavy atom. The lowest BCUT2D eigenvalue weighted by atomic mass is 10.1. The summed E-state index contributed by atoms with van der Waals surface area (Å²) in [5.41, 5.74) is 5.82. The maximum absolute atomic E-state index is 11.5. The van der Waals surface area contributed by atoms with Crippen molar-refractivity contribution in [1.82, 2.24) is 9.88 Å². The van der Waals surface area contributed by atoms with Crippen LogP contribution in [-0.4, -0.2) is 48.4 Å². The van der Waals surface area contributed by atoms with Crippen molar-refractivity contribution in [3.63, 3.8) is 0 Å². The summed E-state index contributed by atoms with van der Waals surface area (Å²) in [6.07, 6.45) is 5.48. The second-order valence-corrected chi connectivity index (χ2v) is 8.05. The molecule has 0 amide bonds. The highest BCUT2D eigenvalue weighted by Gasteiger charge is 2.15. The molecule has 0 bridgehead atoms. The van der Waals surface area contributed by atoms with Crippen LogP contribution in [0.2, 0.25) is 0 Å². The summed E-state index contributed by atoms with van der Waals surface area (Å²) in [7, 11) is 0. The smallest absolute Gasteiger partial charge is 0.311 e. The van der Waals surface area contributed by atoms with Gasteiger partial charge in [0.25, 0.3) is 0 Å². The first-order chi connectivity index (χ1) is 14.7. The number of carbonyl (C=O) groups excluding carboxylic acids is 1. The molecule has 8 heteroatoms. The van der Waals surface area contributed by atoms with Crippen LogP contribution in [0.5, 0.6) is 5.75 Å². The fourth-order valence-corrected chi connectivity index (χ4v) is 3.96. The third-order valence-electron chi connectivity index (χ3n) is 4.70. The lowest BCUT2D eigenvalue weighted by Crippen LogP contribution is -2.19. The summed E-state index contributed by atoms with van der Waals surface area (Å²) >= 11 is 1.41. The second kappa shape index (κ2) is 11.7. The van der Waals surface area contributed by atoms with Crippen LogP contribution < -0.4 is 10.2 Å². The highest BCUT2D eigenvalue weighted by Crippen LogP contribution is 2.24. The Labute approximate surface area is 182 Å². The van der Waals surface area contributed by atoms with E-state index in [1.165, 1.54) is 29.7 Å². The fraction of sp³-hybridized carbons (Fsp3) is 0.500. The summed E-state index contributed by atoms with van der Waals surface area (Å²) in [5.74, 6) is 0.686. The maximum atomic E-state index is 11.5. The predicted octanol–water partition coefficient (Wildman–Crippen LogP) is 4.08. The van der Waals surface area contributed by atoms with Crippen LogP contribution in [0, 0.1) is 0 Å². The van der Waals surface area contributed by atoms with Gasteiger partial charge in [-0.15, -0.1) is 11.3 Å². The van der Waals surface area contributed by atoms with Gasteiger partial charge >= 0.3 is 5.97 Å². The molecule has 162 valence electrons. The van der Waals surface area contributed by atoms with Gasteiger partial charge in [-0.1, -0.05) is 6.92 Å². The van der Waals surface area contributed by atoms with Gasteiger partial charge in [0.15, 0.2) is 0 Å². The summed E-state index contributed by atoms with van der Waals surface area (Å²) in [6, 6.07) is 6.18. The largest absolute Gasteiger partial charge is 0.493 e. The van der Waals surface area contributed by atoms with Crippen LogP contribution in [-0.2, 0) is 22.5 Å². The number of likely N-dealkylation sites (tertiary alicyclic amines) is 1. The Kier molecular flexibility index (Phi) is 8.65. The normalized spacial score (nSPS) is 14.3. The molecule has 2 aromatic rings. The van der Waals surface area contributed by atoms with Crippen LogP contribution in [0.3, 0.4) is 0 Å². The first-order valence-electron chi connectivity index (χ1n) is 10.5. The molecule has 0 unspecified atom stereocenters. The quantitative estimate of drug-likeness (QED) is 0.329. The van der Waals surface area contributed by atoms with Gasteiger partial charge < -0.3 is 9.47 Å². The number of anilines is 1. The Morgan fingerprint density at radius 3 is 2.93 bits per heavy atom. The van der Waals surface area contributed by atoms with Crippen molar-refractivity contribution in [3.8, 4) is 5.75 Å². The average molecular weight is 431 g/mol. The van der Waals surface area contributed by atoms with E-state index in [0.29, 0.717) is 17.4 Å². The van der Waals surface area contributed by atoms with E-state index in [-0.39, 0.29) is 12.4 Å². The molecule has 30 heavy (non-hydrogen) atoms. The molecule has 7 nitrogen and oxygen atoms in total. The van der Waals surface area contributed by atoms with Crippen molar-refractivity contribution >= 4 is 28.7 Å². The minimum atomic E-state index is -0.270. The molecule has 2 heterocycles. The number of thiazole rings is 1. The number of ether oxygens (including phenoxy) is 2. The van der Waals surface area contributed by atoms with Gasteiger partial charge in [-0.05, 0) is 63.0 Å². The molecule has 0 aliphatic carbocycles. The van der Waals surface area contributed by atoms with Gasteiger partial charge in [0.1, 0.15) is 5.75 Å². The minimum Gasteiger partial charge on any atom is -0.493 e. The van der Waals surface area contributed by atoms with E-state index in [4.69, 9.17) is 9.47 Å². The number of benzene rings is 1. The molecule has 1 fully saturated rings. The highest BCUT2D eigenvalue weighted by atomic mass is 32.1. The standard InChI is InChI=1S/C22H30N4O3S/c1-3-11-29-20-8-7-17(12-18(20)15-26-9-5-6-10-26)14-23-25-22-24-19(16-30-22)13-21(27)28-4-2/h7-8,12,14,16H,3-6,9-11,13,15H2,1-2H3,(H,24,25). The third-order valence-corrected chi connectivity index (χ3v) is 5.49. The molecule has 0 spiro atoms. The van der Waals surface area contributed by atoms with E-state index in [2.05, 4.69) is 33.4 Å². The van der Waals surface area contributed by atoms with Crippen LogP contribution in [0.25, 0.3) is 0 Å². The van der Waals surface area contributed by atoms with E-state index in [9.17, 15) is 4.79 Å². The number of esters is 1. The molecule has 1 aliphatic rings. The molecule has 1 saturated heterocycles. The monoisotopic (exact) mass is 430 g/mol. The number of nitrogens with zero attached hydrogens (tertiary/aromatic N) is 3. The molecule has 1 aromatic heterocycles. The molecule has 1 aromatic carbocycles. The SMILES string of the molecule is CCCOc1ccc(C=NNc2nc(CC(=O)OCC)cs2)cc1CN1CCCC1. The van der Waals surface area contributed by atoms with E-state index in [0.717, 1.165) is 44.0 Å². The molecular weight excluding hydrogens is 400 g/mol. The Hall–Kier alpha value is -2.45. The van der Waals surface area contributed by atoms with Crippen molar-refractivity contribution in [2.75, 3.05) is 31.7 Å². The Bertz CT molecular complexity index is 847. The molecule has 0 atom stereocenters. The Balaban J connectivity index is 1.61. The van der Waals surface area contributed by atoms with Gasteiger partial charge in [-0.2, -0.15) is 5.10 Å². The third kappa shape index (κ3) is 6.81. The summed E-state index contributed by atoms with van der Waals surface area (Å²) in [6.45, 7) is 8.19. The van der Waals surface area contributed by atoms with Gasteiger partial charge in [0.05, 0.1) is 31.5 Å². The number of hydrogen-bond acceptors (Lipinski definition) is 8. The molecule has 0 saturated carbocycles. The van der Waals surface area contributed by atoms with Crippen molar-refractivity contribution in [1.29, 1.82) is 0 Å². The molecular formula is C22H30N4O3S. The molecule has 3 rings (SSSR count). The van der Waals surface area contributed by atoms with Gasteiger partial charge in [-0.3, -0.25) is 15.1 Å². The Morgan fingerprint density at radius 2 is 2.17 bits per heavy atom.